The van der Waals surface area contributed by atoms with E-state index in [0.29, 0.717) is 66.3 Å². The number of rotatable bonds is 11. The van der Waals surface area contributed by atoms with E-state index in [1.54, 1.807) is 5.57 Å². The Kier molecular flexibility index (Phi) is 10.0. The third-order valence-corrected chi connectivity index (χ3v) is 17.3. The third kappa shape index (κ3) is 6.08. The predicted molar refractivity (Wildman–Crippen MR) is 206 cm³/mol. The van der Waals surface area contributed by atoms with Crippen LogP contribution in [0.5, 0.6) is 0 Å². The van der Waals surface area contributed by atoms with Gasteiger partial charge in [0, 0.05) is 48.5 Å². The maximum atomic E-state index is 14.0. The number of ketones is 2. The first-order valence-electron chi connectivity index (χ1n) is 21.2. The van der Waals surface area contributed by atoms with Gasteiger partial charge in [-0.25, -0.2) is 0 Å². The van der Waals surface area contributed by atoms with E-state index >= 15 is 0 Å². The number of hydrogen-bond acceptors (Lipinski definition) is 5. The summed E-state index contributed by atoms with van der Waals surface area (Å²) in [5.41, 5.74) is 4.61. The Balaban J connectivity index is 1.06. The van der Waals surface area contributed by atoms with Gasteiger partial charge >= 0.3 is 5.97 Å². The van der Waals surface area contributed by atoms with Crippen molar-refractivity contribution in [1.29, 1.82) is 0 Å². The zero-order valence-electron chi connectivity index (χ0n) is 33.6. The summed E-state index contributed by atoms with van der Waals surface area (Å²) in [6, 6.07) is 4.20. The fraction of sp³-hybridized carbons (Fsp3) is 0.783. The lowest BCUT2D eigenvalue weighted by Gasteiger charge is -2.67. The van der Waals surface area contributed by atoms with Crippen LogP contribution in [0.15, 0.2) is 35.7 Å². The van der Waals surface area contributed by atoms with E-state index < -0.39 is 5.97 Å². The number of nitrogens with one attached hydrogen (secondary N) is 1. The Morgan fingerprint density at radius 3 is 2.37 bits per heavy atom. The van der Waals surface area contributed by atoms with Crippen LogP contribution in [0.2, 0.25) is 0 Å². The van der Waals surface area contributed by atoms with E-state index in [1.807, 2.05) is 25.4 Å². The van der Waals surface area contributed by atoms with Gasteiger partial charge in [0.1, 0.15) is 5.78 Å². The molecule has 6 nitrogen and oxygen atoms in total. The van der Waals surface area contributed by atoms with E-state index in [-0.39, 0.29) is 45.3 Å². The van der Waals surface area contributed by atoms with Gasteiger partial charge in [0.15, 0.2) is 5.78 Å². The lowest BCUT2D eigenvalue weighted by molar-refractivity contribution is -0.172. The van der Waals surface area contributed by atoms with Crippen molar-refractivity contribution in [3.05, 3.63) is 41.2 Å². The van der Waals surface area contributed by atoms with Crippen molar-refractivity contribution >= 4 is 17.5 Å². The minimum atomic E-state index is -0.743. The van der Waals surface area contributed by atoms with Crippen molar-refractivity contribution in [2.75, 3.05) is 13.1 Å². The van der Waals surface area contributed by atoms with Crippen LogP contribution in [0.1, 0.15) is 138 Å². The molecule has 1 aromatic rings. The molecule has 5 saturated carbocycles. The number of carbonyl (C=O) groups excluding carboxylic acids is 2. The highest BCUT2D eigenvalue weighted by Crippen LogP contribution is 2.72. The minimum absolute atomic E-state index is 0.00824. The Morgan fingerprint density at radius 1 is 0.981 bits per heavy atom. The summed E-state index contributed by atoms with van der Waals surface area (Å²) in [6.07, 6.45) is 16.5. The topological polar surface area (TPSA) is 96.4 Å². The molecule has 12 atom stereocenters. The van der Waals surface area contributed by atoms with Gasteiger partial charge in [-0.15, -0.1) is 0 Å². The van der Waals surface area contributed by atoms with Gasteiger partial charge in [-0.2, -0.15) is 0 Å². The Bertz CT molecular complexity index is 1580. The van der Waals surface area contributed by atoms with Gasteiger partial charge in [-0.3, -0.25) is 19.4 Å². The van der Waals surface area contributed by atoms with Gasteiger partial charge < -0.3 is 10.4 Å². The summed E-state index contributed by atoms with van der Waals surface area (Å²) in [4.78, 5) is 43.4. The van der Waals surface area contributed by atoms with Crippen LogP contribution in [0.4, 0.5) is 0 Å². The smallest absolute Gasteiger partial charge is 0.306 e. The van der Waals surface area contributed by atoms with Crippen molar-refractivity contribution in [3.63, 3.8) is 0 Å². The van der Waals surface area contributed by atoms with Crippen LogP contribution in [0.25, 0.3) is 0 Å². The van der Waals surface area contributed by atoms with Crippen LogP contribution in [-0.2, 0) is 19.8 Å². The molecule has 6 heteroatoms. The third-order valence-electron chi connectivity index (χ3n) is 17.3. The molecule has 0 radical (unpaired) electrons. The Hall–Kier alpha value is -2.34. The summed E-state index contributed by atoms with van der Waals surface area (Å²) >= 11 is 0. The van der Waals surface area contributed by atoms with E-state index in [0.717, 1.165) is 32.4 Å². The van der Waals surface area contributed by atoms with E-state index in [9.17, 15) is 19.5 Å². The fourth-order valence-electron chi connectivity index (χ4n) is 14.3. The van der Waals surface area contributed by atoms with Gasteiger partial charge in [-0.1, -0.05) is 67.0 Å². The Morgan fingerprint density at radius 2 is 1.69 bits per heavy atom. The largest absolute Gasteiger partial charge is 0.481 e. The molecule has 6 aliphatic rings. The quantitative estimate of drug-likeness (QED) is 0.222. The molecule has 52 heavy (non-hydrogen) atoms. The van der Waals surface area contributed by atoms with E-state index in [1.165, 1.54) is 49.7 Å². The number of aromatic nitrogens is 1. The van der Waals surface area contributed by atoms with Crippen LogP contribution in [0, 0.1) is 75.4 Å². The molecule has 0 bridgehead atoms. The van der Waals surface area contributed by atoms with Gasteiger partial charge in [0.25, 0.3) is 0 Å². The molecule has 0 aliphatic heterocycles. The Labute approximate surface area is 314 Å². The highest BCUT2D eigenvalue weighted by Gasteiger charge is 2.64. The van der Waals surface area contributed by atoms with Crippen molar-refractivity contribution in [2.24, 2.45) is 75.4 Å². The first kappa shape index (κ1) is 38.0. The van der Waals surface area contributed by atoms with E-state index in [2.05, 4.69) is 64.8 Å². The SMILES string of the molecule is CC(C)C1=C2C3CCC4C(C)(CCC5C(C)C(CC(=O)C6CC(C(=O)O)C6C)CCC54C)C3CCC2(CCNCC(C)(C)c2cccnc2)CC1=O. The molecule has 1 aromatic heterocycles. The number of carbonyl (C=O) groups is 3. The maximum absolute atomic E-state index is 14.0. The summed E-state index contributed by atoms with van der Waals surface area (Å²) in [6.45, 7) is 20.6. The fourth-order valence-corrected chi connectivity index (χ4v) is 14.3. The average Bonchev–Trinajstić information content (AvgIpc) is 3.40. The summed E-state index contributed by atoms with van der Waals surface area (Å²) < 4.78 is 0. The molecule has 7 rings (SSSR count). The second-order valence-electron chi connectivity index (χ2n) is 20.4. The zero-order valence-corrected chi connectivity index (χ0v) is 33.6. The standard InChI is InChI=1S/C46H68N2O4/c1-27(2)40-38(50)24-46(19-21-48-26-43(5,6)31-10-9-20-47-25-31)18-15-36-32(41(40)46)11-12-39-44(7)16-13-30(28(3)35(44)14-17-45(36,39)8)22-37(49)33-23-34(29(33)4)42(51)52/h9-10,20,25,27-30,32-36,39,48H,11-19,21-24,26H2,1-8H3,(H,51,52). The number of carboxylic acid groups (broad SMARTS) is 1. The van der Waals surface area contributed by atoms with Crippen LogP contribution >= 0.6 is 0 Å². The molecule has 0 aromatic carbocycles. The first-order chi connectivity index (χ1) is 24.5. The summed E-state index contributed by atoms with van der Waals surface area (Å²) in [5.74, 6) is 3.28. The van der Waals surface area contributed by atoms with Crippen molar-refractivity contribution in [3.8, 4) is 0 Å². The molecule has 0 saturated heterocycles. The molecule has 6 aliphatic carbocycles. The maximum Gasteiger partial charge on any atom is 0.306 e. The number of aliphatic carboxylic acids is 1. The number of carboxylic acids is 1. The van der Waals surface area contributed by atoms with Crippen LogP contribution in [-0.4, -0.2) is 40.7 Å². The van der Waals surface area contributed by atoms with Gasteiger partial charge in [0.2, 0.25) is 0 Å². The summed E-state index contributed by atoms with van der Waals surface area (Å²) in [5, 5.41) is 13.3. The number of hydrogen-bond donors (Lipinski definition) is 2. The molecule has 1 heterocycles. The highest BCUT2D eigenvalue weighted by atomic mass is 16.4. The van der Waals surface area contributed by atoms with Gasteiger partial charge in [-0.05, 0) is 146 Å². The van der Waals surface area contributed by atoms with Crippen LogP contribution < -0.4 is 5.32 Å². The second-order valence-corrected chi connectivity index (χ2v) is 20.4. The molecule has 5 fully saturated rings. The lowest BCUT2D eigenvalue weighted by atomic mass is 9.37. The van der Waals surface area contributed by atoms with Gasteiger partial charge in [0.05, 0.1) is 5.92 Å². The van der Waals surface area contributed by atoms with Crippen molar-refractivity contribution < 1.29 is 19.5 Å². The number of pyridine rings is 1. The molecular formula is C46H68N2O4. The molecular weight excluding hydrogens is 645 g/mol. The second kappa shape index (κ2) is 13.7. The minimum Gasteiger partial charge on any atom is -0.481 e. The van der Waals surface area contributed by atoms with Crippen molar-refractivity contribution in [2.45, 2.75) is 138 Å². The predicted octanol–water partition coefficient (Wildman–Crippen LogP) is 9.47. The zero-order chi connectivity index (χ0) is 37.4. The molecule has 0 spiro atoms. The van der Waals surface area contributed by atoms with Crippen LogP contribution in [0.3, 0.4) is 0 Å². The molecule has 12 unspecified atom stereocenters. The number of Topliss-reactive ketones (excluding diaryl/α,β-unsaturated/α-hetero) is 2. The molecule has 286 valence electrons. The molecule has 0 amide bonds. The van der Waals surface area contributed by atoms with Crippen molar-refractivity contribution in [1.82, 2.24) is 10.3 Å². The number of allylic oxidation sites excluding steroid dienone is 2. The highest BCUT2D eigenvalue weighted by molar-refractivity contribution is 6.00. The normalized spacial score (nSPS) is 41.5. The summed E-state index contributed by atoms with van der Waals surface area (Å²) in [7, 11) is 0. The first-order valence-corrected chi connectivity index (χ1v) is 21.2. The number of fused-ring (bicyclic) bond motifs is 7. The lowest BCUT2D eigenvalue weighted by Crippen LogP contribution is -2.60. The monoisotopic (exact) mass is 713 g/mol. The van der Waals surface area contributed by atoms with E-state index in [4.69, 9.17) is 0 Å². The molecule has 2 N–H and O–H groups in total. The number of nitrogens with zero attached hydrogens (tertiary/aromatic N) is 1. The average molecular weight is 713 g/mol.